The van der Waals surface area contributed by atoms with E-state index in [-0.39, 0.29) is 5.97 Å². The van der Waals surface area contributed by atoms with Crippen molar-refractivity contribution in [3.05, 3.63) is 0 Å². The molecule has 0 rings (SSSR count). The summed E-state index contributed by atoms with van der Waals surface area (Å²) in [7, 11) is 0. The highest BCUT2D eigenvalue weighted by molar-refractivity contribution is 5.66. The average molecular weight is 176 g/mol. The first-order chi connectivity index (χ1) is 5.70. The number of rotatable bonds is 6. The zero-order valence-corrected chi connectivity index (χ0v) is 7.83. The maximum atomic E-state index is 10.5. The molecule has 0 aromatic rings. The lowest BCUT2D eigenvalue weighted by molar-refractivity contribution is -0.187. The van der Waals surface area contributed by atoms with E-state index in [1.807, 2.05) is 13.8 Å². The van der Waals surface area contributed by atoms with E-state index in [2.05, 4.69) is 0 Å². The molecule has 0 aliphatic heterocycles. The summed E-state index contributed by atoms with van der Waals surface area (Å²) in [6.45, 7) is 6.44. The molecule has 0 aromatic heterocycles. The van der Waals surface area contributed by atoms with Gasteiger partial charge in [0.15, 0.2) is 0 Å². The van der Waals surface area contributed by atoms with Gasteiger partial charge in [0, 0.05) is 20.1 Å². The molecule has 0 bridgehead atoms. The Hall–Kier alpha value is -0.610. The standard InChI is InChI=1S/C8H16O4/c1-4-10-6-8(11-5-2)12-7(3)9/h8H,4-6H2,1-3H3. The molecule has 0 aliphatic rings. The molecule has 0 N–H and O–H groups in total. The summed E-state index contributed by atoms with van der Waals surface area (Å²) in [6, 6.07) is 0. The first-order valence-electron chi connectivity index (χ1n) is 4.07. The van der Waals surface area contributed by atoms with Crippen molar-refractivity contribution in [2.75, 3.05) is 19.8 Å². The average Bonchev–Trinajstić information content (AvgIpc) is 2.00. The van der Waals surface area contributed by atoms with Gasteiger partial charge in [-0.15, -0.1) is 0 Å². The van der Waals surface area contributed by atoms with Gasteiger partial charge < -0.3 is 14.2 Å². The van der Waals surface area contributed by atoms with Gasteiger partial charge in [-0.2, -0.15) is 0 Å². The van der Waals surface area contributed by atoms with Crippen molar-refractivity contribution < 1.29 is 19.0 Å². The number of esters is 1. The van der Waals surface area contributed by atoms with Gasteiger partial charge in [-0.1, -0.05) is 0 Å². The van der Waals surface area contributed by atoms with E-state index in [1.54, 1.807) is 0 Å². The third kappa shape index (κ3) is 6.12. The van der Waals surface area contributed by atoms with Crippen LogP contribution in [0.1, 0.15) is 20.8 Å². The van der Waals surface area contributed by atoms with Gasteiger partial charge in [-0.3, -0.25) is 4.79 Å². The fourth-order valence-electron chi connectivity index (χ4n) is 0.701. The van der Waals surface area contributed by atoms with Crippen LogP contribution in [-0.2, 0) is 19.0 Å². The Morgan fingerprint density at radius 3 is 2.42 bits per heavy atom. The number of carbonyl (C=O) groups excluding carboxylic acids is 1. The second-order valence-corrected chi connectivity index (χ2v) is 2.15. The molecule has 0 saturated heterocycles. The van der Waals surface area contributed by atoms with Crippen LogP contribution in [-0.4, -0.2) is 32.1 Å². The minimum absolute atomic E-state index is 0.296. The minimum atomic E-state index is -0.563. The van der Waals surface area contributed by atoms with Crippen molar-refractivity contribution in [3.8, 4) is 0 Å². The lowest BCUT2D eigenvalue weighted by Crippen LogP contribution is -2.25. The Balaban J connectivity index is 3.61. The van der Waals surface area contributed by atoms with E-state index in [1.165, 1.54) is 6.92 Å². The van der Waals surface area contributed by atoms with Gasteiger partial charge in [0.1, 0.15) is 6.61 Å². The first kappa shape index (κ1) is 11.4. The molecule has 1 unspecified atom stereocenters. The molecule has 0 aliphatic carbocycles. The number of hydrogen-bond donors (Lipinski definition) is 0. The lowest BCUT2D eigenvalue weighted by Gasteiger charge is -2.15. The van der Waals surface area contributed by atoms with Gasteiger partial charge in [-0.05, 0) is 13.8 Å². The maximum Gasteiger partial charge on any atom is 0.305 e. The first-order valence-corrected chi connectivity index (χ1v) is 4.07. The van der Waals surface area contributed by atoms with Gasteiger partial charge >= 0.3 is 5.97 Å². The summed E-state index contributed by atoms with van der Waals surface area (Å²) in [4.78, 5) is 10.5. The smallest absolute Gasteiger partial charge is 0.305 e. The van der Waals surface area contributed by atoms with Crippen LogP contribution in [0.3, 0.4) is 0 Å². The maximum absolute atomic E-state index is 10.5. The minimum Gasteiger partial charge on any atom is -0.433 e. The third-order valence-corrected chi connectivity index (χ3v) is 1.11. The normalized spacial score (nSPS) is 12.6. The van der Waals surface area contributed by atoms with Crippen LogP contribution < -0.4 is 0 Å². The molecule has 0 amide bonds. The van der Waals surface area contributed by atoms with Gasteiger partial charge in [0.2, 0.25) is 6.29 Å². The summed E-state index contributed by atoms with van der Waals surface area (Å²) in [5.41, 5.74) is 0. The number of hydrogen-bond acceptors (Lipinski definition) is 4. The molecule has 0 saturated carbocycles. The highest BCUT2D eigenvalue weighted by Gasteiger charge is 2.10. The van der Waals surface area contributed by atoms with Crippen molar-refractivity contribution in [2.45, 2.75) is 27.1 Å². The van der Waals surface area contributed by atoms with Crippen molar-refractivity contribution in [1.82, 2.24) is 0 Å². The van der Waals surface area contributed by atoms with Gasteiger partial charge in [-0.25, -0.2) is 0 Å². The van der Waals surface area contributed by atoms with Crippen LogP contribution >= 0.6 is 0 Å². The Labute approximate surface area is 72.8 Å². The highest BCUT2D eigenvalue weighted by atomic mass is 16.7. The largest absolute Gasteiger partial charge is 0.433 e. The molecular weight excluding hydrogens is 160 g/mol. The Bertz CT molecular complexity index is 124. The van der Waals surface area contributed by atoms with Gasteiger partial charge in [0.05, 0.1) is 0 Å². The van der Waals surface area contributed by atoms with Crippen molar-refractivity contribution in [2.24, 2.45) is 0 Å². The summed E-state index contributed by atoms with van der Waals surface area (Å²) < 4.78 is 14.9. The fraction of sp³-hybridized carbons (Fsp3) is 0.875. The van der Waals surface area contributed by atoms with Crippen LogP contribution in [0, 0.1) is 0 Å². The van der Waals surface area contributed by atoms with E-state index in [0.717, 1.165) is 0 Å². The fourth-order valence-corrected chi connectivity index (χ4v) is 0.701. The topological polar surface area (TPSA) is 44.8 Å². The molecule has 4 nitrogen and oxygen atoms in total. The Morgan fingerprint density at radius 2 is 2.00 bits per heavy atom. The van der Waals surface area contributed by atoms with Crippen LogP contribution in [0.4, 0.5) is 0 Å². The van der Waals surface area contributed by atoms with Crippen LogP contribution in [0.15, 0.2) is 0 Å². The van der Waals surface area contributed by atoms with Crippen LogP contribution in [0.25, 0.3) is 0 Å². The molecular formula is C8H16O4. The summed E-state index contributed by atoms with van der Waals surface area (Å²) in [6.07, 6.45) is -0.563. The molecule has 4 heteroatoms. The number of carbonyl (C=O) groups is 1. The van der Waals surface area contributed by atoms with E-state index in [0.29, 0.717) is 19.8 Å². The highest BCUT2D eigenvalue weighted by Crippen LogP contribution is 1.96. The SMILES string of the molecule is CCOCC(OCC)OC(C)=O. The molecule has 1 atom stereocenters. The van der Waals surface area contributed by atoms with E-state index in [4.69, 9.17) is 14.2 Å². The van der Waals surface area contributed by atoms with Gasteiger partial charge in [0.25, 0.3) is 0 Å². The van der Waals surface area contributed by atoms with Crippen molar-refractivity contribution in [3.63, 3.8) is 0 Å². The number of ether oxygens (including phenoxy) is 3. The van der Waals surface area contributed by atoms with Crippen LogP contribution in [0.2, 0.25) is 0 Å². The molecule has 0 radical (unpaired) electrons. The van der Waals surface area contributed by atoms with Crippen molar-refractivity contribution >= 4 is 5.97 Å². The second-order valence-electron chi connectivity index (χ2n) is 2.15. The third-order valence-electron chi connectivity index (χ3n) is 1.11. The Kier molecular flexibility index (Phi) is 6.70. The summed E-state index contributed by atoms with van der Waals surface area (Å²) in [5.74, 6) is -0.354. The summed E-state index contributed by atoms with van der Waals surface area (Å²) in [5, 5.41) is 0. The van der Waals surface area contributed by atoms with E-state index >= 15 is 0 Å². The zero-order chi connectivity index (χ0) is 9.40. The molecule has 0 spiro atoms. The Morgan fingerprint density at radius 1 is 1.33 bits per heavy atom. The predicted octanol–water partition coefficient (Wildman–Crippen LogP) is 0.949. The predicted molar refractivity (Wildman–Crippen MR) is 43.7 cm³/mol. The monoisotopic (exact) mass is 176 g/mol. The second kappa shape index (κ2) is 7.06. The quantitative estimate of drug-likeness (QED) is 0.446. The zero-order valence-electron chi connectivity index (χ0n) is 7.83. The van der Waals surface area contributed by atoms with Crippen LogP contribution in [0.5, 0.6) is 0 Å². The molecule has 0 fully saturated rings. The molecule has 0 heterocycles. The van der Waals surface area contributed by atoms with Crippen molar-refractivity contribution in [1.29, 1.82) is 0 Å². The molecule has 72 valence electrons. The molecule has 0 aromatic carbocycles. The summed E-state index contributed by atoms with van der Waals surface area (Å²) >= 11 is 0. The lowest BCUT2D eigenvalue weighted by atomic mass is 10.6. The van der Waals surface area contributed by atoms with E-state index in [9.17, 15) is 4.79 Å². The van der Waals surface area contributed by atoms with E-state index < -0.39 is 6.29 Å². The molecule has 12 heavy (non-hydrogen) atoms.